The second kappa shape index (κ2) is 11.3. The molecule has 3 amide bonds. The predicted molar refractivity (Wildman–Crippen MR) is 115 cm³/mol. The van der Waals surface area contributed by atoms with Gasteiger partial charge in [0.15, 0.2) is 0 Å². The number of carbonyl (C=O) groups is 2. The Hall–Kier alpha value is -3.17. The van der Waals surface area contributed by atoms with Crippen LogP contribution in [0.5, 0.6) is 5.75 Å². The number of urea groups is 1. The number of hydrogen-bond acceptors (Lipinski definition) is 6. The van der Waals surface area contributed by atoms with Crippen LogP contribution in [-0.2, 0) is 16.1 Å². The van der Waals surface area contributed by atoms with Crippen LogP contribution in [0.4, 0.5) is 10.5 Å². The lowest BCUT2D eigenvalue weighted by Crippen LogP contribution is -2.52. The number of methoxy groups -OCH3 is 1. The highest BCUT2D eigenvalue weighted by atomic mass is 16.5. The highest BCUT2D eigenvalue weighted by Gasteiger charge is 2.32. The fourth-order valence-corrected chi connectivity index (χ4v) is 3.43. The van der Waals surface area contributed by atoms with Gasteiger partial charge in [0, 0.05) is 11.9 Å². The Balaban J connectivity index is 1.43. The van der Waals surface area contributed by atoms with E-state index in [2.05, 4.69) is 20.9 Å². The van der Waals surface area contributed by atoms with Gasteiger partial charge in [-0.3, -0.25) is 9.78 Å². The Morgan fingerprint density at radius 1 is 1.19 bits per heavy atom. The molecule has 1 aliphatic rings. The van der Waals surface area contributed by atoms with Crippen LogP contribution in [-0.4, -0.2) is 54.0 Å². The number of aliphatic hydroxyl groups is 1. The summed E-state index contributed by atoms with van der Waals surface area (Å²) in [5.74, 6) is 0.554. The standard InChI is InChI=1S/C22H28N4O5/c1-30-17-7-5-15(6-8-17)25-22(29)26-19-10-9-18(31-20(19)14-27)12-21(28)24-13-16-4-2-3-11-23-16/h2-8,11,18-20,27H,9-10,12-14H2,1H3,(H,24,28)(H2,25,26,29)/t18-,19-,20+/m0/s1. The summed E-state index contributed by atoms with van der Waals surface area (Å²) in [4.78, 5) is 28.7. The fourth-order valence-electron chi connectivity index (χ4n) is 3.43. The number of nitrogens with one attached hydrogen (secondary N) is 3. The molecule has 0 bridgehead atoms. The first-order valence-corrected chi connectivity index (χ1v) is 10.2. The lowest BCUT2D eigenvalue weighted by atomic mass is 9.97. The first kappa shape index (κ1) is 22.5. The minimum Gasteiger partial charge on any atom is -0.497 e. The van der Waals surface area contributed by atoms with Crippen LogP contribution in [0.1, 0.15) is 25.0 Å². The largest absolute Gasteiger partial charge is 0.497 e. The van der Waals surface area contributed by atoms with E-state index in [1.165, 1.54) is 0 Å². The number of carbonyl (C=O) groups excluding carboxylic acids is 2. The van der Waals surface area contributed by atoms with Gasteiger partial charge in [0.1, 0.15) is 11.9 Å². The molecular weight excluding hydrogens is 400 g/mol. The van der Waals surface area contributed by atoms with E-state index in [1.807, 2.05) is 18.2 Å². The summed E-state index contributed by atoms with van der Waals surface area (Å²) in [6.07, 6.45) is 2.16. The van der Waals surface area contributed by atoms with Crippen LogP contribution in [0, 0.1) is 0 Å². The molecule has 0 unspecified atom stereocenters. The summed E-state index contributed by atoms with van der Waals surface area (Å²) >= 11 is 0. The summed E-state index contributed by atoms with van der Waals surface area (Å²) in [6.45, 7) is 0.102. The van der Waals surface area contributed by atoms with E-state index >= 15 is 0 Å². The second-order valence-corrected chi connectivity index (χ2v) is 7.29. The molecule has 2 aromatic rings. The number of aromatic nitrogens is 1. The maximum absolute atomic E-state index is 12.3. The number of rotatable bonds is 8. The lowest BCUT2D eigenvalue weighted by Gasteiger charge is -2.35. The van der Waals surface area contributed by atoms with Gasteiger partial charge in [-0.15, -0.1) is 0 Å². The molecule has 1 aromatic carbocycles. The van der Waals surface area contributed by atoms with Crippen molar-refractivity contribution in [3.05, 3.63) is 54.4 Å². The van der Waals surface area contributed by atoms with Crippen molar-refractivity contribution in [2.24, 2.45) is 0 Å². The van der Waals surface area contributed by atoms with Crippen molar-refractivity contribution in [3.8, 4) is 5.75 Å². The Morgan fingerprint density at radius 2 is 2.00 bits per heavy atom. The zero-order chi connectivity index (χ0) is 22.1. The van der Waals surface area contributed by atoms with Crippen molar-refractivity contribution in [1.29, 1.82) is 0 Å². The third kappa shape index (κ3) is 6.94. The van der Waals surface area contributed by atoms with Gasteiger partial charge >= 0.3 is 6.03 Å². The van der Waals surface area contributed by atoms with Crippen LogP contribution in [0.25, 0.3) is 0 Å². The third-order valence-corrected chi connectivity index (χ3v) is 5.07. The second-order valence-electron chi connectivity index (χ2n) is 7.29. The van der Waals surface area contributed by atoms with Crippen LogP contribution < -0.4 is 20.7 Å². The number of aliphatic hydroxyl groups excluding tert-OH is 1. The molecule has 0 spiro atoms. The van der Waals surface area contributed by atoms with E-state index < -0.39 is 6.10 Å². The highest BCUT2D eigenvalue weighted by molar-refractivity contribution is 5.89. The minimum atomic E-state index is -0.580. The molecule has 9 nitrogen and oxygen atoms in total. The molecule has 0 aliphatic carbocycles. The number of anilines is 1. The molecule has 0 saturated carbocycles. The Bertz CT molecular complexity index is 847. The molecule has 1 aliphatic heterocycles. The summed E-state index contributed by atoms with van der Waals surface area (Å²) in [7, 11) is 1.57. The number of pyridine rings is 1. The number of benzene rings is 1. The predicted octanol–water partition coefficient (Wildman–Crippen LogP) is 1.83. The smallest absolute Gasteiger partial charge is 0.319 e. The van der Waals surface area contributed by atoms with Crippen molar-refractivity contribution in [2.45, 2.75) is 44.1 Å². The van der Waals surface area contributed by atoms with E-state index in [4.69, 9.17) is 9.47 Å². The van der Waals surface area contributed by atoms with Gasteiger partial charge < -0.3 is 30.5 Å². The molecule has 1 fully saturated rings. The lowest BCUT2D eigenvalue weighted by molar-refractivity contribution is -0.130. The van der Waals surface area contributed by atoms with Crippen LogP contribution in [0.3, 0.4) is 0 Å². The van der Waals surface area contributed by atoms with Crippen molar-refractivity contribution in [2.75, 3.05) is 19.0 Å². The van der Waals surface area contributed by atoms with E-state index in [9.17, 15) is 14.7 Å². The molecular formula is C22H28N4O5. The molecule has 1 saturated heterocycles. The zero-order valence-electron chi connectivity index (χ0n) is 17.4. The van der Waals surface area contributed by atoms with Crippen molar-refractivity contribution in [1.82, 2.24) is 15.6 Å². The average Bonchev–Trinajstić information content (AvgIpc) is 2.80. The van der Waals surface area contributed by atoms with Gasteiger partial charge in [0.2, 0.25) is 5.91 Å². The molecule has 9 heteroatoms. The monoisotopic (exact) mass is 428 g/mol. The fraction of sp³-hybridized carbons (Fsp3) is 0.409. The van der Waals surface area contributed by atoms with Crippen LogP contribution >= 0.6 is 0 Å². The van der Waals surface area contributed by atoms with E-state index in [0.29, 0.717) is 30.8 Å². The van der Waals surface area contributed by atoms with Crippen molar-refractivity contribution < 1.29 is 24.2 Å². The number of hydrogen-bond donors (Lipinski definition) is 4. The Labute approximate surface area is 181 Å². The van der Waals surface area contributed by atoms with Crippen molar-refractivity contribution in [3.63, 3.8) is 0 Å². The minimum absolute atomic E-state index is 0.143. The normalized spacial score (nSPS) is 20.5. The van der Waals surface area contributed by atoms with Gasteiger partial charge in [-0.1, -0.05) is 6.07 Å². The van der Waals surface area contributed by atoms with Gasteiger partial charge in [-0.05, 0) is 49.2 Å². The highest BCUT2D eigenvalue weighted by Crippen LogP contribution is 2.22. The average molecular weight is 428 g/mol. The summed E-state index contributed by atoms with van der Waals surface area (Å²) < 4.78 is 11.0. The van der Waals surface area contributed by atoms with E-state index in [1.54, 1.807) is 37.6 Å². The summed E-state index contributed by atoms with van der Waals surface area (Å²) in [6, 6.07) is 11.8. The molecule has 2 heterocycles. The SMILES string of the molecule is COc1ccc(NC(=O)N[C@H]2CC[C@@H](CC(=O)NCc3ccccn3)O[C@@H]2CO)cc1. The Kier molecular flexibility index (Phi) is 8.19. The van der Waals surface area contributed by atoms with E-state index in [0.717, 1.165) is 5.69 Å². The molecule has 3 atom stereocenters. The van der Waals surface area contributed by atoms with Crippen molar-refractivity contribution >= 4 is 17.6 Å². The van der Waals surface area contributed by atoms with E-state index in [-0.39, 0.29) is 37.1 Å². The molecule has 1 aromatic heterocycles. The van der Waals surface area contributed by atoms with Crippen LogP contribution in [0.2, 0.25) is 0 Å². The van der Waals surface area contributed by atoms with Gasteiger partial charge in [0.25, 0.3) is 0 Å². The first-order chi connectivity index (χ1) is 15.1. The zero-order valence-corrected chi connectivity index (χ0v) is 17.4. The molecule has 0 radical (unpaired) electrons. The molecule has 3 rings (SSSR count). The number of amides is 3. The number of ether oxygens (including phenoxy) is 2. The van der Waals surface area contributed by atoms with Gasteiger partial charge in [-0.2, -0.15) is 0 Å². The quantitative estimate of drug-likeness (QED) is 0.509. The molecule has 31 heavy (non-hydrogen) atoms. The van der Waals surface area contributed by atoms with Gasteiger partial charge in [-0.25, -0.2) is 4.79 Å². The number of nitrogens with zero attached hydrogens (tertiary/aromatic N) is 1. The summed E-state index contributed by atoms with van der Waals surface area (Å²) in [5.41, 5.74) is 1.40. The first-order valence-electron chi connectivity index (χ1n) is 10.2. The third-order valence-electron chi connectivity index (χ3n) is 5.07. The maximum atomic E-state index is 12.3. The van der Waals surface area contributed by atoms with Crippen LogP contribution in [0.15, 0.2) is 48.7 Å². The summed E-state index contributed by atoms with van der Waals surface area (Å²) in [5, 5.41) is 18.1. The molecule has 166 valence electrons. The topological polar surface area (TPSA) is 122 Å². The maximum Gasteiger partial charge on any atom is 0.319 e. The van der Waals surface area contributed by atoms with Gasteiger partial charge in [0.05, 0.1) is 44.5 Å². The molecule has 4 N–H and O–H groups in total. The Morgan fingerprint density at radius 3 is 2.68 bits per heavy atom.